The maximum absolute atomic E-state index is 12.8. The van der Waals surface area contributed by atoms with E-state index in [2.05, 4.69) is 4.90 Å². The number of alkyl halides is 2. The summed E-state index contributed by atoms with van der Waals surface area (Å²) in [6.45, 7) is 3.66. The molecule has 1 atom stereocenters. The lowest BCUT2D eigenvalue weighted by Crippen LogP contribution is -2.50. The molecule has 5 nitrogen and oxygen atoms in total. The number of hydrogen-bond acceptors (Lipinski definition) is 4. The third-order valence-electron chi connectivity index (χ3n) is 3.59. The normalized spacial score (nSPS) is 17.1. The molecule has 1 amide bonds. The van der Waals surface area contributed by atoms with Crippen LogP contribution in [0.1, 0.15) is 0 Å². The molecular weight excluding hydrogens is 311 g/mol. The van der Waals surface area contributed by atoms with Gasteiger partial charge in [-0.1, -0.05) is 17.7 Å². The molecule has 0 spiro atoms. The number of nitrogens with zero attached hydrogens (tertiary/aromatic N) is 2. The average Bonchev–Trinajstić information content (AvgIpc) is 2.55. The fourth-order valence-corrected chi connectivity index (χ4v) is 2.45. The Labute approximate surface area is 134 Å². The van der Waals surface area contributed by atoms with Crippen molar-refractivity contribution in [1.82, 2.24) is 9.80 Å². The Kier molecular flexibility index (Phi) is 6.27. The Hall–Kier alpha value is -1.53. The summed E-state index contributed by atoms with van der Waals surface area (Å²) in [5.41, 5.74) is -1.94. The molecule has 1 aliphatic heterocycles. The first-order chi connectivity index (χ1) is 10.6. The van der Waals surface area contributed by atoms with Gasteiger partial charge in [0.05, 0.1) is 7.11 Å². The van der Waals surface area contributed by atoms with E-state index in [0.717, 1.165) is 18.0 Å². The van der Waals surface area contributed by atoms with Crippen molar-refractivity contribution in [3.63, 3.8) is 0 Å². The van der Waals surface area contributed by atoms with Gasteiger partial charge in [0.25, 0.3) is 11.5 Å². The standard InChI is InChI=1S/C15H20ClFN2O3/c1-21-12-3-2-4-13(11-12)22-10-9-18-5-7-19(8-6-18)15(20)14(16)17/h2-4,11,14H,5-10H2,1H3. The lowest BCUT2D eigenvalue weighted by atomic mass is 10.3. The van der Waals surface area contributed by atoms with Crippen LogP contribution in [0.5, 0.6) is 11.5 Å². The van der Waals surface area contributed by atoms with Gasteiger partial charge in [-0.3, -0.25) is 9.69 Å². The van der Waals surface area contributed by atoms with Crippen LogP contribution in [0.2, 0.25) is 0 Å². The summed E-state index contributed by atoms with van der Waals surface area (Å²) in [5, 5.41) is 0. The van der Waals surface area contributed by atoms with E-state index in [1.807, 2.05) is 24.3 Å². The maximum Gasteiger partial charge on any atom is 0.272 e. The molecule has 122 valence electrons. The Balaban J connectivity index is 1.69. The van der Waals surface area contributed by atoms with Gasteiger partial charge in [0.15, 0.2) is 0 Å². The van der Waals surface area contributed by atoms with Gasteiger partial charge in [-0.15, -0.1) is 0 Å². The van der Waals surface area contributed by atoms with E-state index in [9.17, 15) is 9.18 Å². The highest BCUT2D eigenvalue weighted by Crippen LogP contribution is 2.18. The molecule has 0 aromatic heterocycles. The summed E-state index contributed by atoms with van der Waals surface area (Å²) in [5.74, 6) is 0.871. The summed E-state index contributed by atoms with van der Waals surface area (Å²) in [7, 11) is 1.61. The topological polar surface area (TPSA) is 42.0 Å². The van der Waals surface area contributed by atoms with Crippen molar-refractivity contribution in [1.29, 1.82) is 0 Å². The number of halogens is 2. The monoisotopic (exact) mass is 330 g/mol. The Morgan fingerprint density at radius 1 is 1.32 bits per heavy atom. The van der Waals surface area contributed by atoms with E-state index in [1.54, 1.807) is 7.11 Å². The number of ether oxygens (including phenoxy) is 2. The van der Waals surface area contributed by atoms with Crippen LogP contribution in [0.15, 0.2) is 24.3 Å². The zero-order valence-corrected chi connectivity index (χ0v) is 13.3. The molecule has 0 saturated carbocycles. The molecule has 2 rings (SSSR count). The molecule has 22 heavy (non-hydrogen) atoms. The number of benzene rings is 1. The molecule has 0 aliphatic carbocycles. The Morgan fingerprint density at radius 2 is 2.00 bits per heavy atom. The van der Waals surface area contributed by atoms with Gasteiger partial charge in [-0.05, 0) is 12.1 Å². The quantitative estimate of drug-likeness (QED) is 0.745. The Bertz CT molecular complexity index is 493. The van der Waals surface area contributed by atoms with Crippen LogP contribution in [-0.4, -0.2) is 67.8 Å². The van der Waals surface area contributed by atoms with Crippen molar-refractivity contribution in [2.24, 2.45) is 0 Å². The van der Waals surface area contributed by atoms with E-state index in [0.29, 0.717) is 32.8 Å². The number of methoxy groups -OCH3 is 1. The SMILES string of the molecule is COc1cccc(OCCN2CCN(C(=O)C(F)Cl)CC2)c1. The molecule has 0 N–H and O–H groups in total. The second kappa shape index (κ2) is 8.19. The molecule has 1 aliphatic rings. The zero-order valence-electron chi connectivity index (χ0n) is 12.5. The minimum absolute atomic E-state index is 0.491. The van der Waals surface area contributed by atoms with Crippen LogP contribution in [0.25, 0.3) is 0 Å². The summed E-state index contributed by atoms with van der Waals surface area (Å²) in [6.07, 6.45) is 0. The third kappa shape index (κ3) is 4.74. The van der Waals surface area contributed by atoms with Crippen LogP contribution >= 0.6 is 11.6 Å². The minimum atomic E-state index is -1.94. The second-order valence-electron chi connectivity index (χ2n) is 5.00. The highest BCUT2D eigenvalue weighted by molar-refractivity contribution is 6.29. The molecule has 1 aromatic rings. The van der Waals surface area contributed by atoms with Crippen LogP contribution < -0.4 is 9.47 Å². The van der Waals surface area contributed by atoms with Crippen LogP contribution in [0.4, 0.5) is 4.39 Å². The number of piperazine rings is 1. The predicted molar refractivity (Wildman–Crippen MR) is 82.3 cm³/mol. The van der Waals surface area contributed by atoms with E-state index >= 15 is 0 Å². The minimum Gasteiger partial charge on any atom is -0.497 e. The van der Waals surface area contributed by atoms with Gasteiger partial charge in [-0.2, -0.15) is 0 Å². The van der Waals surface area contributed by atoms with E-state index in [4.69, 9.17) is 21.1 Å². The van der Waals surface area contributed by atoms with Crippen molar-refractivity contribution in [3.05, 3.63) is 24.3 Å². The van der Waals surface area contributed by atoms with Crippen molar-refractivity contribution in [2.45, 2.75) is 5.63 Å². The molecule has 0 bridgehead atoms. The number of carbonyl (C=O) groups excluding carboxylic acids is 1. The molecule has 1 unspecified atom stereocenters. The number of amides is 1. The van der Waals surface area contributed by atoms with Crippen molar-refractivity contribution in [3.8, 4) is 11.5 Å². The molecule has 1 aromatic carbocycles. The predicted octanol–water partition coefficient (Wildman–Crippen LogP) is 1.75. The maximum atomic E-state index is 12.8. The third-order valence-corrected chi connectivity index (χ3v) is 3.77. The molecule has 1 fully saturated rings. The number of carbonyl (C=O) groups is 1. The van der Waals surface area contributed by atoms with Crippen LogP contribution in [0, 0.1) is 0 Å². The summed E-state index contributed by atoms with van der Waals surface area (Å²) in [4.78, 5) is 15.1. The van der Waals surface area contributed by atoms with Gasteiger partial charge < -0.3 is 14.4 Å². The highest BCUT2D eigenvalue weighted by atomic mass is 35.5. The summed E-state index contributed by atoms with van der Waals surface area (Å²) < 4.78 is 23.6. The van der Waals surface area contributed by atoms with E-state index < -0.39 is 11.5 Å². The van der Waals surface area contributed by atoms with Crippen LogP contribution in [0.3, 0.4) is 0 Å². The van der Waals surface area contributed by atoms with Crippen molar-refractivity contribution < 1.29 is 18.7 Å². The number of hydrogen-bond donors (Lipinski definition) is 0. The fourth-order valence-electron chi connectivity index (χ4n) is 2.31. The second-order valence-corrected chi connectivity index (χ2v) is 5.38. The average molecular weight is 331 g/mol. The fraction of sp³-hybridized carbons (Fsp3) is 0.533. The first kappa shape index (κ1) is 16.8. The molecule has 1 saturated heterocycles. The van der Waals surface area contributed by atoms with Gasteiger partial charge in [0.2, 0.25) is 0 Å². The molecule has 7 heteroatoms. The van der Waals surface area contributed by atoms with Gasteiger partial charge in [0.1, 0.15) is 18.1 Å². The lowest BCUT2D eigenvalue weighted by molar-refractivity contribution is -0.135. The molecular formula is C15H20ClFN2O3. The summed E-state index contributed by atoms with van der Waals surface area (Å²) in [6, 6.07) is 7.44. The first-order valence-electron chi connectivity index (χ1n) is 7.16. The zero-order chi connectivity index (χ0) is 15.9. The van der Waals surface area contributed by atoms with Gasteiger partial charge in [-0.25, -0.2) is 4.39 Å². The van der Waals surface area contributed by atoms with Crippen molar-refractivity contribution in [2.75, 3.05) is 46.4 Å². The molecule has 0 radical (unpaired) electrons. The van der Waals surface area contributed by atoms with Gasteiger partial charge in [0, 0.05) is 38.8 Å². The van der Waals surface area contributed by atoms with E-state index in [1.165, 1.54) is 4.90 Å². The van der Waals surface area contributed by atoms with Gasteiger partial charge >= 0.3 is 0 Å². The van der Waals surface area contributed by atoms with Crippen molar-refractivity contribution >= 4 is 17.5 Å². The van der Waals surface area contributed by atoms with E-state index in [-0.39, 0.29) is 0 Å². The smallest absolute Gasteiger partial charge is 0.272 e. The van der Waals surface area contributed by atoms with Crippen LogP contribution in [-0.2, 0) is 4.79 Å². The summed E-state index contributed by atoms with van der Waals surface area (Å²) >= 11 is 5.17. The lowest BCUT2D eigenvalue weighted by Gasteiger charge is -2.34. The highest BCUT2D eigenvalue weighted by Gasteiger charge is 2.25. The first-order valence-corrected chi connectivity index (χ1v) is 7.60. The Morgan fingerprint density at radius 3 is 2.64 bits per heavy atom. The number of rotatable bonds is 6. The molecule has 1 heterocycles. The largest absolute Gasteiger partial charge is 0.497 e.